The molecule has 0 aliphatic carbocycles. The highest BCUT2D eigenvalue weighted by Crippen LogP contribution is 2.20. The van der Waals surface area contributed by atoms with Crippen LogP contribution in [0.4, 0.5) is 4.39 Å². The Kier molecular flexibility index (Phi) is 7.71. The molecule has 0 saturated carbocycles. The Morgan fingerprint density at radius 1 is 1.12 bits per heavy atom. The molecule has 0 aromatic heterocycles. The Morgan fingerprint density at radius 2 is 1.65 bits per heavy atom. The molecule has 17 heavy (non-hydrogen) atoms. The van der Waals surface area contributed by atoms with Crippen molar-refractivity contribution >= 4 is 24.8 Å². The van der Waals surface area contributed by atoms with Gasteiger partial charge in [-0.05, 0) is 24.6 Å². The minimum atomic E-state index is -0.161. The van der Waals surface area contributed by atoms with Crippen molar-refractivity contribution in [1.82, 2.24) is 10.2 Å². The Bertz CT molecular complexity index is 313. The number of benzene rings is 1. The van der Waals surface area contributed by atoms with Crippen LogP contribution in [0.3, 0.4) is 0 Å². The van der Waals surface area contributed by atoms with Gasteiger partial charge < -0.3 is 5.32 Å². The van der Waals surface area contributed by atoms with Crippen molar-refractivity contribution in [2.75, 3.05) is 26.2 Å². The van der Waals surface area contributed by atoms with Crippen LogP contribution < -0.4 is 5.32 Å². The fraction of sp³-hybridized carbons (Fsp3) is 0.500. The summed E-state index contributed by atoms with van der Waals surface area (Å²) in [5.74, 6) is -0.161. The third-order valence-electron chi connectivity index (χ3n) is 3.05. The lowest BCUT2D eigenvalue weighted by molar-refractivity contribution is 0.185. The second kappa shape index (κ2) is 7.88. The van der Waals surface area contributed by atoms with Crippen molar-refractivity contribution in [3.05, 3.63) is 35.6 Å². The summed E-state index contributed by atoms with van der Waals surface area (Å²) >= 11 is 0. The van der Waals surface area contributed by atoms with E-state index in [1.54, 1.807) is 0 Å². The Hall–Kier alpha value is -0.350. The van der Waals surface area contributed by atoms with Crippen LogP contribution >= 0.6 is 24.8 Å². The van der Waals surface area contributed by atoms with E-state index in [1.807, 2.05) is 12.1 Å². The number of nitrogens with zero attached hydrogens (tertiary/aromatic N) is 1. The summed E-state index contributed by atoms with van der Waals surface area (Å²) in [6.07, 6.45) is 0. The summed E-state index contributed by atoms with van der Waals surface area (Å²) in [7, 11) is 0. The third-order valence-corrected chi connectivity index (χ3v) is 3.05. The van der Waals surface area contributed by atoms with Crippen molar-refractivity contribution < 1.29 is 4.39 Å². The normalized spacial score (nSPS) is 17.8. The topological polar surface area (TPSA) is 15.3 Å². The van der Waals surface area contributed by atoms with Gasteiger partial charge in [0, 0.05) is 32.2 Å². The van der Waals surface area contributed by atoms with E-state index >= 15 is 0 Å². The number of hydrogen-bond donors (Lipinski definition) is 1. The van der Waals surface area contributed by atoms with Crippen LogP contribution in [0.1, 0.15) is 18.5 Å². The molecular weight excluding hydrogens is 262 g/mol. The second-order valence-corrected chi connectivity index (χ2v) is 4.01. The van der Waals surface area contributed by atoms with Crippen LogP contribution in [-0.2, 0) is 0 Å². The molecule has 0 amide bonds. The molecule has 0 radical (unpaired) electrons. The fourth-order valence-electron chi connectivity index (χ4n) is 2.02. The Balaban J connectivity index is 0.00000128. The number of rotatable bonds is 2. The predicted octanol–water partition coefficient (Wildman–Crippen LogP) is 2.64. The molecule has 1 aliphatic heterocycles. The van der Waals surface area contributed by atoms with Gasteiger partial charge in [-0.2, -0.15) is 0 Å². The maximum Gasteiger partial charge on any atom is 0.123 e. The van der Waals surface area contributed by atoms with Crippen LogP contribution in [0, 0.1) is 5.82 Å². The molecule has 98 valence electrons. The van der Waals surface area contributed by atoms with Gasteiger partial charge in [0.1, 0.15) is 5.82 Å². The summed E-state index contributed by atoms with van der Waals surface area (Å²) < 4.78 is 12.8. The molecule has 1 aliphatic rings. The summed E-state index contributed by atoms with van der Waals surface area (Å²) in [6, 6.07) is 7.21. The Morgan fingerprint density at radius 3 is 2.18 bits per heavy atom. The van der Waals surface area contributed by atoms with Crippen molar-refractivity contribution in [2.24, 2.45) is 0 Å². The lowest BCUT2D eigenvalue weighted by Crippen LogP contribution is -2.44. The minimum Gasteiger partial charge on any atom is -0.314 e. The van der Waals surface area contributed by atoms with Gasteiger partial charge in [0.2, 0.25) is 0 Å². The minimum absolute atomic E-state index is 0. The molecule has 5 heteroatoms. The highest BCUT2D eigenvalue weighted by atomic mass is 35.5. The summed E-state index contributed by atoms with van der Waals surface area (Å²) in [5.41, 5.74) is 1.19. The zero-order chi connectivity index (χ0) is 10.7. The summed E-state index contributed by atoms with van der Waals surface area (Å²) in [6.45, 7) is 6.41. The quantitative estimate of drug-likeness (QED) is 0.896. The summed E-state index contributed by atoms with van der Waals surface area (Å²) in [5, 5.41) is 3.33. The standard InChI is InChI=1S/C12H17FN2.2ClH/c1-10(15-8-6-14-7-9-15)11-2-4-12(13)5-3-11;;/h2-5,10,14H,6-9H2,1H3;2*1H/t10-;;/m1../s1. The molecular formula is C12H19Cl2FN2. The lowest BCUT2D eigenvalue weighted by Gasteiger charge is -2.33. The van der Waals surface area contributed by atoms with Crippen LogP contribution in [0.25, 0.3) is 0 Å². The maximum absolute atomic E-state index is 12.8. The van der Waals surface area contributed by atoms with Gasteiger partial charge in [0.15, 0.2) is 0 Å². The molecule has 1 saturated heterocycles. The van der Waals surface area contributed by atoms with E-state index in [9.17, 15) is 4.39 Å². The van der Waals surface area contributed by atoms with Crippen molar-refractivity contribution in [3.8, 4) is 0 Å². The Labute approximate surface area is 114 Å². The highest BCUT2D eigenvalue weighted by molar-refractivity contribution is 5.85. The molecule has 1 atom stereocenters. The van der Waals surface area contributed by atoms with Gasteiger partial charge >= 0.3 is 0 Å². The van der Waals surface area contributed by atoms with E-state index in [2.05, 4.69) is 17.1 Å². The molecule has 0 unspecified atom stereocenters. The third kappa shape index (κ3) is 4.43. The number of nitrogens with one attached hydrogen (secondary N) is 1. The maximum atomic E-state index is 12.8. The molecule has 1 fully saturated rings. The van der Waals surface area contributed by atoms with E-state index in [0.717, 1.165) is 26.2 Å². The first-order valence-corrected chi connectivity index (χ1v) is 5.47. The van der Waals surface area contributed by atoms with E-state index in [4.69, 9.17) is 0 Å². The van der Waals surface area contributed by atoms with Gasteiger partial charge in [-0.15, -0.1) is 24.8 Å². The summed E-state index contributed by atoms with van der Waals surface area (Å²) in [4.78, 5) is 2.42. The number of halogens is 3. The zero-order valence-electron chi connectivity index (χ0n) is 9.86. The molecule has 0 bridgehead atoms. The number of hydrogen-bond acceptors (Lipinski definition) is 2. The van der Waals surface area contributed by atoms with Gasteiger partial charge in [-0.1, -0.05) is 12.1 Å². The first-order valence-electron chi connectivity index (χ1n) is 5.47. The molecule has 2 nitrogen and oxygen atoms in total. The largest absolute Gasteiger partial charge is 0.314 e. The van der Waals surface area contributed by atoms with E-state index in [-0.39, 0.29) is 30.6 Å². The first kappa shape index (κ1) is 16.6. The monoisotopic (exact) mass is 280 g/mol. The molecule has 1 aromatic carbocycles. The second-order valence-electron chi connectivity index (χ2n) is 4.01. The predicted molar refractivity (Wildman–Crippen MR) is 73.8 cm³/mol. The van der Waals surface area contributed by atoms with Crippen molar-refractivity contribution in [2.45, 2.75) is 13.0 Å². The highest BCUT2D eigenvalue weighted by Gasteiger charge is 2.17. The molecule has 1 heterocycles. The van der Waals surface area contributed by atoms with Gasteiger partial charge in [-0.25, -0.2) is 4.39 Å². The zero-order valence-corrected chi connectivity index (χ0v) is 11.5. The van der Waals surface area contributed by atoms with Crippen LogP contribution in [-0.4, -0.2) is 31.1 Å². The number of piperazine rings is 1. The average molecular weight is 281 g/mol. The lowest BCUT2D eigenvalue weighted by atomic mass is 10.1. The first-order chi connectivity index (χ1) is 7.27. The van der Waals surface area contributed by atoms with E-state index < -0.39 is 0 Å². The average Bonchev–Trinajstić information content (AvgIpc) is 2.30. The van der Waals surface area contributed by atoms with Crippen LogP contribution in [0.5, 0.6) is 0 Å². The van der Waals surface area contributed by atoms with Gasteiger partial charge in [0.05, 0.1) is 0 Å². The van der Waals surface area contributed by atoms with Gasteiger partial charge in [0.25, 0.3) is 0 Å². The van der Waals surface area contributed by atoms with Gasteiger partial charge in [-0.3, -0.25) is 4.90 Å². The SMILES string of the molecule is C[C@H](c1ccc(F)cc1)N1CCNCC1.Cl.Cl. The smallest absolute Gasteiger partial charge is 0.123 e. The fourth-order valence-corrected chi connectivity index (χ4v) is 2.02. The molecule has 2 rings (SSSR count). The molecule has 0 spiro atoms. The van der Waals surface area contributed by atoms with E-state index in [1.165, 1.54) is 17.7 Å². The van der Waals surface area contributed by atoms with E-state index in [0.29, 0.717) is 6.04 Å². The van der Waals surface area contributed by atoms with Crippen molar-refractivity contribution in [1.29, 1.82) is 0 Å². The van der Waals surface area contributed by atoms with Crippen LogP contribution in [0.15, 0.2) is 24.3 Å². The van der Waals surface area contributed by atoms with Crippen LogP contribution in [0.2, 0.25) is 0 Å². The molecule has 1 aromatic rings. The van der Waals surface area contributed by atoms with Crippen molar-refractivity contribution in [3.63, 3.8) is 0 Å². The molecule has 1 N–H and O–H groups in total.